The Balaban J connectivity index is 0.000000451. The number of hydrogen-bond donors (Lipinski definition) is 2. The number of hydrogen-bond acceptors (Lipinski definition) is 5. The first-order valence-corrected chi connectivity index (χ1v) is 13.4. The van der Waals surface area contributed by atoms with Crippen LogP contribution in [0.1, 0.15) is 79.8 Å². The number of amides is 1. The lowest BCUT2D eigenvalue weighted by Crippen LogP contribution is -2.19. The van der Waals surface area contributed by atoms with Crippen LogP contribution in [0.3, 0.4) is 0 Å². The minimum atomic E-state index is -0.684. The molecule has 0 saturated carbocycles. The number of aliphatic carboxylic acids is 1. The Morgan fingerprint density at radius 1 is 1.15 bits per heavy atom. The molecule has 0 radical (unpaired) electrons. The third-order valence-corrected chi connectivity index (χ3v) is 6.22. The standard InChI is InChI=1S/C20H24N4O.C7H14O2.C4H8O/c1-12-8-13(2)19-15(11-24(5)18(19)9-12)10-23(4)17-7-6-16(20(21)25)22-14(17)3;1-3-4-6(2)5-7(8)9;1-4(2)3-5/h6-9,11H,10H2,1-5H3,(H2,21,25);6H,3-5H2,1-2H3,(H,8,9);3-4H,1-2H3. The van der Waals surface area contributed by atoms with Crippen molar-refractivity contribution < 1.29 is 19.5 Å². The summed E-state index contributed by atoms with van der Waals surface area (Å²) < 4.78 is 2.18. The Morgan fingerprint density at radius 2 is 1.77 bits per heavy atom. The second-order valence-electron chi connectivity index (χ2n) is 10.6. The average molecular weight is 539 g/mol. The van der Waals surface area contributed by atoms with Crippen LogP contribution in [-0.2, 0) is 23.2 Å². The fourth-order valence-electron chi connectivity index (χ4n) is 4.46. The molecule has 0 aliphatic heterocycles. The average Bonchev–Trinajstić information content (AvgIpc) is 3.14. The first-order valence-electron chi connectivity index (χ1n) is 13.4. The minimum Gasteiger partial charge on any atom is -0.481 e. The number of aryl methyl sites for hydroxylation is 4. The van der Waals surface area contributed by atoms with Gasteiger partial charge in [0, 0.05) is 50.1 Å². The van der Waals surface area contributed by atoms with Crippen LogP contribution in [0.15, 0.2) is 30.5 Å². The smallest absolute Gasteiger partial charge is 0.303 e. The van der Waals surface area contributed by atoms with Crippen molar-refractivity contribution in [2.45, 2.75) is 74.3 Å². The van der Waals surface area contributed by atoms with Crippen molar-refractivity contribution >= 4 is 34.8 Å². The number of carboxylic acids is 1. The van der Waals surface area contributed by atoms with Crippen LogP contribution in [0, 0.1) is 32.6 Å². The zero-order chi connectivity index (χ0) is 29.9. The van der Waals surface area contributed by atoms with Crippen LogP contribution in [0.2, 0.25) is 0 Å². The molecule has 39 heavy (non-hydrogen) atoms. The molecular weight excluding hydrogens is 492 g/mol. The molecule has 3 rings (SSSR count). The molecule has 0 saturated heterocycles. The summed E-state index contributed by atoms with van der Waals surface area (Å²) in [6.45, 7) is 14.7. The highest BCUT2D eigenvalue weighted by molar-refractivity contribution is 5.91. The number of fused-ring (bicyclic) bond motifs is 1. The molecule has 3 aromatic rings. The number of aromatic nitrogens is 2. The Kier molecular flexibility index (Phi) is 13.4. The van der Waals surface area contributed by atoms with E-state index in [1.165, 1.54) is 27.6 Å². The molecule has 2 aromatic heterocycles. The van der Waals surface area contributed by atoms with E-state index in [2.05, 4.69) is 60.6 Å². The van der Waals surface area contributed by atoms with Crippen molar-refractivity contribution in [1.82, 2.24) is 9.55 Å². The molecule has 0 aliphatic rings. The van der Waals surface area contributed by atoms with E-state index in [0.717, 1.165) is 37.1 Å². The molecule has 2 heterocycles. The van der Waals surface area contributed by atoms with Gasteiger partial charge in [0.2, 0.25) is 0 Å². The quantitative estimate of drug-likeness (QED) is 0.324. The zero-order valence-electron chi connectivity index (χ0n) is 25.0. The van der Waals surface area contributed by atoms with Gasteiger partial charge in [-0.05, 0) is 61.6 Å². The van der Waals surface area contributed by atoms with Crippen molar-refractivity contribution in [3.8, 4) is 0 Å². The van der Waals surface area contributed by atoms with Gasteiger partial charge < -0.3 is 25.1 Å². The fraction of sp³-hybridized carbons (Fsp3) is 0.484. The van der Waals surface area contributed by atoms with Crippen LogP contribution < -0.4 is 10.6 Å². The molecule has 1 atom stereocenters. The van der Waals surface area contributed by atoms with E-state index in [0.29, 0.717) is 18.0 Å². The first kappa shape index (κ1) is 33.3. The molecule has 0 aliphatic carbocycles. The first-order chi connectivity index (χ1) is 18.2. The largest absolute Gasteiger partial charge is 0.481 e. The fourth-order valence-corrected chi connectivity index (χ4v) is 4.46. The number of primary amides is 1. The zero-order valence-corrected chi connectivity index (χ0v) is 25.0. The topological polar surface area (TPSA) is 119 Å². The summed E-state index contributed by atoms with van der Waals surface area (Å²) in [6, 6.07) is 8.03. The Morgan fingerprint density at radius 3 is 2.26 bits per heavy atom. The van der Waals surface area contributed by atoms with Gasteiger partial charge >= 0.3 is 5.97 Å². The van der Waals surface area contributed by atoms with Crippen molar-refractivity contribution in [1.29, 1.82) is 0 Å². The third kappa shape index (κ3) is 10.5. The van der Waals surface area contributed by atoms with Gasteiger partial charge in [0.1, 0.15) is 12.0 Å². The highest BCUT2D eigenvalue weighted by Crippen LogP contribution is 2.28. The molecule has 1 aromatic carbocycles. The summed E-state index contributed by atoms with van der Waals surface area (Å²) in [4.78, 5) is 37.3. The summed E-state index contributed by atoms with van der Waals surface area (Å²) in [6.07, 6.45) is 5.52. The number of carbonyl (C=O) groups excluding carboxylic acids is 2. The maximum atomic E-state index is 11.3. The number of nitrogens with zero attached hydrogens (tertiary/aromatic N) is 3. The maximum Gasteiger partial charge on any atom is 0.303 e. The molecule has 214 valence electrons. The number of carboxylic acid groups (broad SMARTS) is 1. The maximum absolute atomic E-state index is 11.3. The van der Waals surface area contributed by atoms with Gasteiger partial charge in [0.05, 0.1) is 11.4 Å². The van der Waals surface area contributed by atoms with Crippen molar-refractivity contribution in [3.63, 3.8) is 0 Å². The van der Waals surface area contributed by atoms with E-state index in [9.17, 15) is 14.4 Å². The molecule has 0 fully saturated rings. The molecule has 0 bridgehead atoms. The Hall–Kier alpha value is -3.68. The highest BCUT2D eigenvalue weighted by Gasteiger charge is 2.14. The Bertz CT molecular complexity index is 1260. The second-order valence-corrected chi connectivity index (χ2v) is 10.6. The SMILES string of the molecule is CC(C)C=O.CCCC(C)CC(=O)O.Cc1cc(C)c2c(CN(C)c3ccc(C(N)=O)nc3C)cn(C)c2c1. The van der Waals surface area contributed by atoms with E-state index in [1.54, 1.807) is 6.07 Å². The number of nitrogens with two attached hydrogens (primary N) is 1. The molecule has 1 unspecified atom stereocenters. The van der Waals surface area contributed by atoms with E-state index < -0.39 is 11.9 Å². The third-order valence-electron chi connectivity index (χ3n) is 6.22. The number of rotatable bonds is 9. The summed E-state index contributed by atoms with van der Waals surface area (Å²) in [5, 5.41) is 9.62. The monoisotopic (exact) mass is 538 g/mol. The van der Waals surface area contributed by atoms with Crippen LogP contribution >= 0.6 is 0 Å². The van der Waals surface area contributed by atoms with E-state index in [-0.39, 0.29) is 5.92 Å². The summed E-state index contributed by atoms with van der Waals surface area (Å²) in [5.74, 6) is -0.643. The van der Waals surface area contributed by atoms with Gasteiger partial charge in [-0.3, -0.25) is 9.59 Å². The van der Waals surface area contributed by atoms with E-state index in [1.807, 2.05) is 40.8 Å². The van der Waals surface area contributed by atoms with Gasteiger partial charge in [0.15, 0.2) is 0 Å². The van der Waals surface area contributed by atoms with E-state index in [4.69, 9.17) is 10.8 Å². The van der Waals surface area contributed by atoms with Gasteiger partial charge in [-0.2, -0.15) is 0 Å². The van der Waals surface area contributed by atoms with E-state index >= 15 is 0 Å². The number of carbonyl (C=O) groups is 3. The van der Waals surface area contributed by atoms with Gasteiger partial charge in [-0.15, -0.1) is 0 Å². The molecule has 0 spiro atoms. The highest BCUT2D eigenvalue weighted by atomic mass is 16.4. The molecule has 8 heteroatoms. The number of aldehydes is 1. The van der Waals surface area contributed by atoms with Crippen LogP contribution in [0.4, 0.5) is 5.69 Å². The molecule has 3 N–H and O–H groups in total. The number of anilines is 1. The van der Waals surface area contributed by atoms with Gasteiger partial charge in [0.25, 0.3) is 5.91 Å². The lowest BCUT2D eigenvalue weighted by Gasteiger charge is -2.21. The second kappa shape index (κ2) is 15.7. The Labute approximate surface area is 233 Å². The molecule has 8 nitrogen and oxygen atoms in total. The summed E-state index contributed by atoms with van der Waals surface area (Å²) in [5.41, 5.74) is 12.5. The molecular formula is C31H46N4O4. The number of pyridine rings is 1. The van der Waals surface area contributed by atoms with Crippen molar-refractivity contribution in [2.24, 2.45) is 24.6 Å². The van der Waals surface area contributed by atoms with Gasteiger partial charge in [-0.25, -0.2) is 4.98 Å². The van der Waals surface area contributed by atoms with Gasteiger partial charge in [-0.1, -0.05) is 46.6 Å². The predicted molar refractivity (Wildman–Crippen MR) is 159 cm³/mol. The van der Waals surface area contributed by atoms with Crippen molar-refractivity contribution in [3.05, 3.63) is 58.5 Å². The van der Waals surface area contributed by atoms with Crippen LogP contribution in [-0.4, -0.2) is 39.9 Å². The predicted octanol–water partition coefficient (Wildman–Crippen LogP) is 5.97. The molecule has 1 amide bonds. The van der Waals surface area contributed by atoms with Crippen molar-refractivity contribution in [2.75, 3.05) is 11.9 Å². The lowest BCUT2D eigenvalue weighted by atomic mass is 10.0. The minimum absolute atomic E-state index is 0.204. The summed E-state index contributed by atoms with van der Waals surface area (Å²) in [7, 11) is 4.12. The number of benzene rings is 1. The lowest BCUT2D eigenvalue weighted by molar-refractivity contribution is -0.138. The normalized spacial score (nSPS) is 11.2. The summed E-state index contributed by atoms with van der Waals surface area (Å²) >= 11 is 0. The van der Waals surface area contributed by atoms with Crippen LogP contribution in [0.5, 0.6) is 0 Å². The van der Waals surface area contributed by atoms with Crippen LogP contribution in [0.25, 0.3) is 10.9 Å².